The van der Waals surface area contributed by atoms with Crippen LogP contribution in [0.3, 0.4) is 0 Å². The summed E-state index contributed by atoms with van der Waals surface area (Å²) in [6, 6.07) is 5.99. The molecule has 5 heteroatoms. The second kappa shape index (κ2) is 8.14. The van der Waals surface area contributed by atoms with Crippen LogP contribution in [-0.2, 0) is 9.59 Å². The molecule has 0 aromatic heterocycles. The molecular formula is C26H36N2O3. The number of carbonyl (C=O) groups is 2. The van der Waals surface area contributed by atoms with Crippen LogP contribution in [0.4, 0.5) is 0 Å². The Morgan fingerprint density at radius 2 is 1.45 bits per heavy atom. The van der Waals surface area contributed by atoms with E-state index in [9.17, 15) is 9.59 Å². The number of ether oxygens (including phenoxy) is 1. The molecule has 1 aromatic carbocycles. The van der Waals surface area contributed by atoms with Gasteiger partial charge in [-0.05, 0) is 87.2 Å². The number of piperazine rings is 1. The third-order valence-electron chi connectivity index (χ3n) is 8.36. The van der Waals surface area contributed by atoms with Crippen molar-refractivity contribution in [3.05, 3.63) is 29.3 Å². The van der Waals surface area contributed by atoms with Crippen LogP contribution in [0.1, 0.15) is 56.1 Å². The molecule has 4 saturated carbocycles. The van der Waals surface area contributed by atoms with Gasteiger partial charge in [0.2, 0.25) is 5.91 Å². The van der Waals surface area contributed by atoms with E-state index in [4.69, 9.17) is 4.74 Å². The second-order valence-corrected chi connectivity index (χ2v) is 10.9. The first kappa shape index (κ1) is 20.8. The maximum Gasteiger partial charge on any atom is 0.260 e. The largest absolute Gasteiger partial charge is 0.484 e. The Labute approximate surface area is 186 Å². The lowest BCUT2D eigenvalue weighted by molar-refractivity contribution is -0.145. The molecule has 168 valence electrons. The van der Waals surface area contributed by atoms with E-state index in [1.807, 2.05) is 35.8 Å². The molecule has 6 rings (SSSR count). The number of nitrogens with zero attached hydrogens (tertiary/aromatic N) is 2. The number of hydrogen-bond acceptors (Lipinski definition) is 3. The Morgan fingerprint density at radius 1 is 0.903 bits per heavy atom. The lowest BCUT2D eigenvalue weighted by Crippen LogP contribution is -2.53. The molecule has 2 amide bonds. The van der Waals surface area contributed by atoms with Crippen molar-refractivity contribution >= 4 is 11.8 Å². The van der Waals surface area contributed by atoms with Gasteiger partial charge in [-0.25, -0.2) is 0 Å². The molecule has 0 radical (unpaired) electrons. The molecule has 31 heavy (non-hydrogen) atoms. The van der Waals surface area contributed by atoms with Crippen molar-refractivity contribution in [1.82, 2.24) is 9.80 Å². The van der Waals surface area contributed by atoms with E-state index in [1.165, 1.54) is 44.1 Å². The monoisotopic (exact) mass is 424 g/mol. The van der Waals surface area contributed by atoms with Crippen LogP contribution in [-0.4, -0.2) is 54.4 Å². The van der Waals surface area contributed by atoms with E-state index >= 15 is 0 Å². The van der Waals surface area contributed by atoms with Crippen molar-refractivity contribution in [3.8, 4) is 5.75 Å². The summed E-state index contributed by atoms with van der Waals surface area (Å²) in [5.41, 5.74) is 2.52. The smallest absolute Gasteiger partial charge is 0.260 e. The van der Waals surface area contributed by atoms with E-state index in [-0.39, 0.29) is 12.5 Å². The van der Waals surface area contributed by atoms with Crippen molar-refractivity contribution in [3.63, 3.8) is 0 Å². The minimum Gasteiger partial charge on any atom is -0.484 e. The summed E-state index contributed by atoms with van der Waals surface area (Å²) in [4.78, 5) is 29.6. The number of benzene rings is 1. The summed E-state index contributed by atoms with van der Waals surface area (Å²) < 4.78 is 5.77. The van der Waals surface area contributed by atoms with Gasteiger partial charge in [-0.2, -0.15) is 0 Å². The minimum absolute atomic E-state index is 0.00755. The fourth-order valence-electron chi connectivity index (χ4n) is 7.34. The third-order valence-corrected chi connectivity index (χ3v) is 8.36. The maximum atomic E-state index is 13.1. The molecular weight excluding hydrogens is 388 g/mol. The number of hydrogen-bond donors (Lipinski definition) is 0. The van der Waals surface area contributed by atoms with Gasteiger partial charge in [0.25, 0.3) is 5.91 Å². The number of rotatable bonds is 5. The van der Waals surface area contributed by atoms with E-state index in [2.05, 4.69) is 6.07 Å². The predicted molar refractivity (Wildman–Crippen MR) is 120 cm³/mol. The fraction of sp³-hybridized carbons (Fsp3) is 0.692. The molecule has 0 atom stereocenters. The Kier molecular flexibility index (Phi) is 5.47. The highest BCUT2D eigenvalue weighted by Gasteiger charge is 2.51. The SMILES string of the molecule is Cc1ccc(OCC(=O)N2CCN(C(=O)CC34CC5CC(CC(C5)C3)C4)CC2)c(C)c1. The van der Waals surface area contributed by atoms with E-state index in [1.54, 1.807) is 0 Å². The van der Waals surface area contributed by atoms with Crippen LogP contribution in [0, 0.1) is 37.0 Å². The molecule has 5 fully saturated rings. The highest BCUT2D eigenvalue weighted by Crippen LogP contribution is 2.61. The van der Waals surface area contributed by atoms with Crippen molar-refractivity contribution in [2.45, 2.75) is 58.8 Å². The molecule has 1 heterocycles. The Balaban J connectivity index is 1.10. The number of carbonyl (C=O) groups excluding carboxylic acids is 2. The van der Waals surface area contributed by atoms with Crippen LogP contribution in [0.2, 0.25) is 0 Å². The summed E-state index contributed by atoms with van der Waals surface area (Å²) >= 11 is 0. The normalized spacial score (nSPS) is 31.7. The molecule has 1 aliphatic heterocycles. The first-order valence-electron chi connectivity index (χ1n) is 12.1. The third kappa shape index (κ3) is 4.33. The van der Waals surface area contributed by atoms with Gasteiger partial charge in [-0.3, -0.25) is 9.59 Å². The minimum atomic E-state index is 0.00755. The summed E-state index contributed by atoms with van der Waals surface area (Å²) in [6.45, 7) is 6.64. The average Bonchev–Trinajstić information content (AvgIpc) is 2.71. The van der Waals surface area contributed by atoms with Crippen LogP contribution < -0.4 is 4.74 Å². The van der Waals surface area contributed by atoms with Gasteiger partial charge < -0.3 is 14.5 Å². The topological polar surface area (TPSA) is 49.9 Å². The highest BCUT2D eigenvalue weighted by atomic mass is 16.5. The number of aryl methyl sites for hydroxylation is 2. The summed E-state index contributed by atoms with van der Waals surface area (Å²) in [6.07, 6.45) is 8.81. The number of amides is 2. The van der Waals surface area contributed by atoms with E-state index in [0.29, 0.717) is 37.5 Å². The predicted octanol–water partition coefficient (Wildman–Crippen LogP) is 3.96. The van der Waals surface area contributed by atoms with Gasteiger partial charge in [0.1, 0.15) is 5.75 Å². The van der Waals surface area contributed by atoms with E-state index < -0.39 is 0 Å². The quantitative estimate of drug-likeness (QED) is 0.719. The Morgan fingerprint density at radius 3 is 2.00 bits per heavy atom. The van der Waals surface area contributed by atoms with Crippen LogP contribution in [0.5, 0.6) is 5.75 Å². The molecule has 0 unspecified atom stereocenters. The van der Waals surface area contributed by atoms with Crippen molar-refractivity contribution in [1.29, 1.82) is 0 Å². The zero-order chi connectivity index (χ0) is 21.6. The molecule has 5 nitrogen and oxygen atoms in total. The standard InChI is InChI=1S/C26H36N2O3/c1-18-3-4-23(19(2)9-18)31-17-25(30)28-7-5-27(6-8-28)24(29)16-26-13-20-10-21(14-26)12-22(11-20)15-26/h3-4,9,20-22H,5-8,10-17H2,1-2H3. The molecule has 4 aliphatic carbocycles. The summed E-state index contributed by atoms with van der Waals surface area (Å²) in [5, 5.41) is 0. The van der Waals surface area contributed by atoms with Crippen LogP contribution in [0.15, 0.2) is 18.2 Å². The zero-order valence-electron chi connectivity index (χ0n) is 19.1. The van der Waals surface area contributed by atoms with Crippen LogP contribution in [0.25, 0.3) is 0 Å². The van der Waals surface area contributed by atoms with Gasteiger partial charge in [0, 0.05) is 32.6 Å². The van der Waals surface area contributed by atoms with Crippen molar-refractivity contribution < 1.29 is 14.3 Å². The first-order chi connectivity index (χ1) is 14.9. The second-order valence-electron chi connectivity index (χ2n) is 10.9. The molecule has 1 saturated heterocycles. The molecule has 1 aromatic rings. The molecule has 5 aliphatic rings. The van der Waals surface area contributed by atoms with E-state index in [0.717, 1.165) is 35.5 Å². The molecule has 4 bridgehead atoms. The lowest BCUT2D eigenvalue weighted by Gasteiger charge is -2.57. The van der Waals surface area contributed by atoms with Crippen molar-refractivity contribution in [2.24, 2.45) is 23.2 Å². The Bertz CT molecular complexity index is 821. The highest BCUT2D eigenvalue weighted by molar-refractivity contribution is 5.79. The maximum absolute atomic E-state index is 13.1. The van der Waals surface area contributed by atoms with Gasteiger partial charge in [0.15, 0.2) is 6.61 Å². The Hall–Kier alpha value is -2.04. The lowest BCUT2D eigenvalue weighted by atomic mass is 9.49. The van der Waals surface area contributed by atoms with Gasteiger partial charge in [-0.1, -0.05) is 17.7 Å². The first-order valence-corrected chi connectivity index (χ1v) is 12.1. The molecule has 0 spiro atoms. The average molecular weight is 425 g/mol. The summed E-state index contributed by atoms with van der Waals surface area (Å²) in [5.74, 6) is 3.74. The van der Waals surface area contributed by atoms with Gasteiger partial charge >= 0.3 is 0 Å². The van der Waals surface area contributed by atoms with Gasteiger partial charge in [-0.15, -0.1) is 0 Å². The molecule has 0 N–H and O–H groups in total. The summed E-state index contributed by atoms with van der Waals surface area (Å²) in [7, 11) is 0. The van der Waals surface area contributed by atoms with Crippen molar-refractivity contribution in [2.75, 3.05) is 32.8 Å². The zero-order valence-corrected chi connectivity index (χ0v) is 19.1. The van der Waals surface area contributed by atoms with Gasteiger partial charge in [0.05, 0.1) is 0 Å². The van der Waals surface area contributed by atoms with Crippen LogP contribution >= 0.6 is 0 Å². The fourth-order valence-corrected chi connectivity index (χ4v) is 7.34.